The fraction of sp³-hybridized carbons (Fsp3) is 0.360. The van der Waals surface area contributed by atoms with Crippen molar-refractivity contribution in [1.29, 1.82) is 0 Å². The summed E-state index contributed by atoms with van der Waals surface area (Å²) in [6.45, 7) is 4.08. The van der Waals surface area contributed by atoms with Crippen LogP contribution in [-0.2, 0) is 9.53 Å². The van der Waals surface area contributed by atoms with Crippen LogP contribution in [0, 0.1) is 5.92 Å². The van der Waals surface area contributed by atoms with Gasteiger partial charge in [0, 0.05) is 11.5 Å². The van der Waals surface area contributed by atoms with E-state index in [0.29, 0.717) is 36.3 Å². The minimum Gasteiger partial charge on any atom is -0.491 e. The van der Waals surface area contributed by atoms with Crippen molar-refractivity contribution in [2.24, 2.45) is 5.92 Å². The number of carbonyl (C=O) groups is 1. The average Bonchev–Trinajstić information content (AvgIpc) is 2.77. The fourth-order valence-corrected chi connectivity index (χ4v) is 3.10. The molecule has 0 aliphatic heterocycles. The Hall–Kier alpha value is -3.12. The molecule has 0 aliphatic carbocycles. The Morgan fingerprint density at radius 3 is 2.58 bits per heavy atom. The van der Waals surface area contributed by atoms with Crippen LogP contribution in [0.4, 0.5) is 0 Å². The van der Waals surface area contributed by atoms with Crippen molar-refractivity contribution in [3.63, 3.8) is 0 Å². The molecule has 0 spiro atoms. The van der Waals surface area contributed by atoms with E-state index >= 15 is 0 Å². The lowest BCUT2D eigenvalue weighted by molar-refractivity contribution is -0.147. The van der Waals surface area contributed by atoms with Gasteiger partial charge in [0.25, 0.3) is 0 Å². The van der Waals surface area contributed by atoms with Crippen molar-refractivity contribution < 1.29 is 23.8 Å². The first-order valence-corrected chi connectivity index (χ1v) is 10.5. The highest BCUT2D eigenvalue weighted by Gasteiger charge is 2.11. The molecular weight excluding hydrogens is 396 g/mol. The first-order valence-electron chi connectivity index (χ1n) is 10.5. The number of unbranched alkanes of at least 4 members (excludes halogenated alkanes) is 1. The highest BCUT2D eigenvalue weighted by molar-refractivity contribution is 5.82. The topological polar surface area (TPSA) is 86.0 Å². The predicted molar refractivity (Wildman–Crippen MR) is 119 cm³/mol. The van der Waals surface area contributed by atoms with Gasteiger partial charge < -0.3 is 19.0 Å². The van der Waals surface area contributed by atoms with Crippen molar-refractivity contribution in [1.82, 2.24) is 0 Å². The smallest absolute Gasteiger partial charge is 0.344 e. The monoisotopic (exact) mass is 424 g/mol. The summed E-state index contributed by atoms with van der Waals surface area (Å²) in [5, 5.41) is 10.9. The molecule has 2 aromatic carbocycles. The van der Waals surface area contributed by atoms with E-state index in [1.54, 1.807) is 32.0 Å². The van der Waals surface area contributed by atoms with Crippen molar-refractivity contribution in [3.05, 3.63) is 65.0 Å². The van der Waals surface area contributed by atoms with Gasteiger partial charge in [0.15, 0.2) is 0 Å². The minimum atomic E-state index is -0.635. The fourth-order valence-electron chi connectivity index (χ4n) is 3.10. The van der Waals surface area contributed by atoms with Gasteiger partial charge in [-0.15, -0.1) is 0 Å². The standard InChI is InChI=1S/C25H28O6/c1-17(2)24(27)29-13-7-6-10-20(26)16-30-21-12-11-19-14-22(18-8-4-3-5-9-18)25(28)31-23(19)15-21/h3-5,8-9,11-12,14-15,17,20,26H,6-7,10,13,16H2,1-2H3. The van der Waals surface area contributed by atoms with Crippen LogP contribution in [0.5, 0.6) is 5.75 Å². The molecule has 1 N–H and O–H groups in total. The molecule has 1 aromatic heterocycles. The summed E-state index contributed by atoms with van der Waals surface area (Å²) in [7, 11) is 0. The number of aliphatic hydroxyl groups excluding tert-OH is 1. The third-order valence-corrected chi connectivity index (χ3v) is 4.88. The van der Waals surface area contributed by atoms with Crippen LogP contribution in [0.3, 0.4) is 0 Å². The molecular formula is C25H28O6. The molecule has 31 heavy (non-hydrogen) atoms. The highest BCUT2D eigenvalue weighted by Crippen LogP contribution is 2.24. The van der Waals surface area contributed by atoms with Crippen LogP contribution >= 0.6 is 0 Å². The molecule has 3 rings (SSSR count). The van der Waals surface area contributed by atoms with Crippen molar-refractivity contribution in [2.45, 2.75) is 39.2 Å². The Labute approximate surface area is 181 Å². The maximum Gasteiger partial charge on any atom is 0.344 e. The van der Waals surface area contributed by atoms with Crippen LogP contribution in [0.1, 0.15) is 33.1 Å². The summed E-state index contributed by atoms with van der Waals surface area (Å²) < 4.78 is 16.3. The van der Waals surface area contributed by atoms with Gasteiger partial charge >= 0.3 is 11.6 Å². The number of rotatable bonds is 10. The first-order chi connectivity index (χ1) is 14.9. The highest BCUT2D eigenvalue weighted by atomic mass is 16.5. The Bertz CT molecular complexity index is 1050. The van der Waals surface area contributed by atoms with Crippen LogP contribution in [0.2, 0.25) is 0 Å². The number of carbonyl (C=O) groups excluding carboxylic acids is 1. The molecule has 1 atom stereocenters. The summed E-state index contributed by atoms with van der Waals surface area (Å²) in [5.41, 5.74) is 1.34. The number of benzene rings is 2. The molecule has 6 nitrogen and oxygen atoms in total. The molecule has 0 amide bonds. The van der Waals surface area contributed by atoms with E-state index in [9.17, 15) is 14.7 Å². The largest absolute Gasteiger partial charge is 0.491 e. The molecule has 0 fully saturated rings. The van der Waals surface area contributed by atoms with Crippen LogP contribution in [-0.4, -0.2) is 30.4 Å². The maximum absolute atomic E-state index is 12.4. The molecule has 0 saturated heterocycles. The van der Waals surface area contributed by atoms with Gasteiger partial charge in [-0.2, -0.15) is 0 Å². The van der Waals surface area contributed by atoms with Gasteiger partial charge in [0.2, 0.25) is 0 Å². The van der Waals surface area contributed by atoms with Crippen molar-refractivity contribution in [2.75, 3.05) is 13.2 Å². The van der Waals surface area contributed by atoms with Crippen molar-refractivity contribution >= 4 is 16.9 Å². The molecule has 0 saturated carbocycles. The van der Waals surface area contributed by atoms with E-state index in [-0.39, 0.29) is 18.5 Å². The minimum absolute atomic E-state index is 0.129. The Balaban J connectivity index is 1.52. The second-order valence-corrected chi connectivity index (χ2v) is 7.80. The summed E-state index contributed by atoms with van der Waals surface area (Å²) in [6.07, 6.45) is 1.33. The number of esters is 1. The van der Waals surface area contributed by atoms with Crippen molar-refractivity contribution in [3.8, 4) is 16.9 Å². The zero-order chi connectivity index (χ0) is 22.2. The molecule has 0 aliphatic rings. The molecule has 1 heterocycles. The number of hydrogen-bond donors (Lipinski definition) is 1. The number of ether oxygens (including phenoxy) is 2. The van der Waals surface area contributed by atoms with E-state index in [1.165, 1.54) is 0 Å². The molecule has 3 aromatic rings. The van der Waals surface area contributed by atoms with Gasteiger partial charge in [-0.3, -0.25) is 4.79 Å². The first kappa shape index (κ1) is 22.6. The third-order valence-electron chi connectivity index (χ3n) is 4.88. The van der Waals surface area contributed by atoms with Gasteiger partial charge in [0.05, 0.1) is 24.2 Å². The second kappa shape index (κ2) is 10.8. The predicted octanol–water partition coefficient (Wildman–Crippen LogP) is 4.57. The summed E-state index contributed by atoms with van der Waals surface area (Å²) in [6, 6.07) is 16.5. The van der Waals surface area contributed by atoms with Crippen LogP contribution in [0.25, 0.3) is 22.1 Å². The summed E-state index contributed by atoms with van der Waals surface area (Å²) in [4.78, 5) is 23.8. The lowest BCUT2D eigenvalue weighted by Gasteiger charge is -2.13. The van der Waals surface area contributed by atoms with Gasteiger partial charge in [0.1, 0.15) is 17.9 Å². The van der Waals surface area contributed by atoms with E-state index in [0.717, 1.165) is 17.4 Å². The SMILES string of the molecule is CC(C)C(=O)OCCCCC(O)COc1ccc2cc(-c3ccccc3)c(=O)oc2c1. The molecule has 0 bridgehead atoms. The maximum atomic E-state index is 12.4. The van der Waals surface area contributed by atoms with E-state index < -0.39 is 11.7 Å². The van der Waals surface area contributed by atoms with Crippen LogP contribution in [0.15, 0.2) is 63.8 Å². The third kappa shape index (κ3) is 6.43. The number of aliphatic hydroxyl groups is 1. The van der Waals surface area contributed by atoms with Gasteiger partial charge in [-0.1, -0.05) is 44.2 Å². The Morgan fingerprint density at radius 2 is 1.84 bits per heavy atom. The molecule has 6 heteroatoms. The lowest BCUT2D eigenvalue weighted by Crippen LogP contribution is -2.18. The van der Waals surface area contributed by atoms with Crippen LogP contribution < -0.4 is 10.4 Å². The second-order valence-electron chi connectivity index (χ2n) is 7.80. The summed E-state index contributed by atoms with van der Waals surface area (Å²) in [5.74, 6) is 0.186. The van der Waals surface area contributed by atoms with Gasteiger partial charge in [-0.25, -0.2) is 4.79 Å². The zero-order valence-corrected chi connectivity index (χ0v) is 17.9. The molecule has 0 radical (unpaired) electrons. The molecule has 1 unspecified atom stereocenters. The van der Waals surface area contributed by atoms with E-state index in [4.69, 9.17) is 13.9 Å². The Morgan fingerprint density at radius 1 is 1.06 bits per heavy atom. The molecule has 164 valence electrons. The van der Waals surface area contributed by atoms with E-state index in [2.05, 4.69) is 0 Å². The summed E-state index contributed by atoms with van der Waals surface area (Å²) >= 11 is 0. The zero-order valence-electron chi connectivity index (χ0n) is 17.9. The Kier molecular flexibility index (Phi) is 7.84. The van der Waals surface area contributed by atoms with E-state index in [1.807, 2.05) is 36.4 Å². The number of fused-ring (bicyclic) bond motifs is 1. The number of hydrogen-bond acceptors (Lipinski definition) is 6. The lowest BCUT2D eigenvalue weighted by atomic mass is 10.1. The van der Waals surface area contributed by atoms with Gasteiger partial charge in [-0.05, 0) is 43.0 Å². The quantitative estimate of drug-likeness (QED) is 0.291. The normalized spacial score (nSPS) is 12.1. The average molecular weight is 424 g/mol.